The van der Waals surface area contributed by atoms with E-state index < -0.39 is 11.6 Å². The molecule has 0 aliphatic rings. The van der Waals surface area contributed by atoms with Crippen LogP contribution in [0.3, 0.4) is 0 Å². The van der Waals surface area contributed by atoms with Crippen molar-refractivity contribution >= 4 is 23.3 Å². The van der Waals surface area contributed by atoms with Crippen LogP contribution in [0.5, 0.6) is 0 Å². The maximum Gasteiger partial charge on any atom is 0.184 e. The molecule has 5 heteroatoms. The van der Waals surface area contributed by atoms with Gasteiger partial charge in [-0.15, -0.1) is 0 Å². The van der Waals surface area contributed by atoms with Gasteiger partial charge in [0.1, 0.15) is 5.52 Å². The number of H-pyrrole nitrogens is 1. The van der Waals surface area contributed by atoms with E-state index in [1.165, 1.54) is 6.07 Å². The summed E-state index contributed by atoms with van der Waals surface area (Å²) in [6, 6.07) is 2.63. The minimum Gasteiger partial charge on any atom is -0.330 e. The summed E-state index contributed by atoms with van der Waals surface area (Å²) in [6.45, 7) is 8.99. The van der Waals surface area contributed by atoms with Gasteiger partial charge >= 0.3 is 0 Å². The van der Waals surface area contributed by atoms with Crippen molar-refractivity contribution in [3.63, 3.8) is 0 Å². The molecular weight excluding hydrogens is 266 g/mol. The number of nitrogens with zero attached hydrogens (tertiary/aromatic N) is 1. The average Bonchev–Trinajstić information content (AvgIpc) is 2.60. The molecule has 0 spiro atoms. The highest BCUT2D eigenvalue weighted by molar-refractivity contribution is 7.71. The molecule has 2 rings (SSSR count). The standard InChI is InChI=1S/C14H18F2N2S/c1-8(14(2,3)4)7-18-12-10(17-13(18)19)6-5-9(15)11(12)16/h5-6,8H,7H2,1-4H3,(H,17,19). The van der Waals surface area contributed by atoms with Crippen LogP contribution in [-0.4, -0.2) is 9.55 Å². The summed E-state index contributed by atoms with van der Waals surface area (Å²) in [4.78, 5) is 2.92. The fraction of sp³-hybridized carbons (Fsp3) is 0.500. The second kappa shape index (κ2) is 4.71. The molecule has 0 saturated heterocycles. The van der Waals surface area contributed by atoms with Crippen molar-refractivity contribution < 1.29 is 8.78 Å². The predicted octanol–water partition coefficient (Wildman–Crippen LogP) is 4.66. The highest BCUT2D eigenvalue weighted by Gasteiger charge is 2.22. The fourth-order valence-electron chi connectivity index (χ4n) is 1.91. The third kappa shape index (κ3) is 2.56. The summed E-state index contributed by atoms with van der Waals surface area (Å²) in [5.74, 6) is -1.41. The summed E-state index contributed by atoms with van der Waals surface area (Å²) in [6.07, 6.45) is 0. The van der Waals surface area contributed by atoms with Crippen molar-refractivity contribution in [1.82, 2.24) is 9.55 Å². The van der Waals surface area contributed by atoms with Crippen molar-refractivity contribution in [3.05, 3.63) is 28.5 Å². The maximum atomic E-state index is 14.0. The molecule has 0 aliphatic carbocycles. The summed E-state index contributed by atoms with van der Waals surface area (Å²) in [5, 5.41) is 0. The summed E-state index contributed by atoms with van der Waals surface area (Å²) in [7, 11) is 0. The molecular formula is C14H18F2N2S. The van der Waals surface area contributed by atoms with Crippen LogP contribution in [-0.2, 0) is 6.54 Å². The largest absolute Gasteiger partial charge is 0.330 e. The van der Waals surface area contributed by atoms with Gasteiger partial charge in [0.15, 0.2) is 16.4 Å². The van der Waals surface area contributed by atoms with E-state index in [9.17, 15) is 8.78 Å². The van der Waals surface area contributed by atoms with Gasteiger partial charge in [0.2, 0.25) is 0 Å². The Morgan fingerprint density at radius 3 is 2.53 bits per heavy atom. The minimum absolute atomic E-state index is 0.0716. The minimum atomic E-state index is -0.848. The van der Waals surface area contributed by atoms with E-state index in [1.807, 2.05) is 0 Å². The highest BCUT2D eigenvalue weighted by atomic mass is 32.1. The number of aromatic amines is 1. The number of imidazole rings is 1. The first-order valence-corrected chi connectivity index (χ1v) is 6.69. The molecule has 0 aliphatic heterocycles. The lowest BCUT2D eigenvalue weighted by molar-refractivity contribution is 0.233. The Kier molecular flexibility index (Phi) is 3.51. The van der Waals surface area contributed by atoms with Gasteiger partial charge in [-0.3, -0.25) is 0 Å². The molecule has 1 unspecified atom stereocenters. The second-order valence-electron chi connectivity index (χ2n) is 6.07. The van der Waals surface area contributed by atoms with E-state index in [2.05, 4.69) is 32.7 Å². The van der Waals surface area contributed by atoms with Gasteiger partial charge in [-0.2, -0.15) is 0 Å². The molecule has 0 radical (unpaired) electrons. The molecule has 104 valence electrons. The van der Waals surface area contributed by atoms with Crippen LogP contribution < -0.4 is 0 Å². The molecule has 2 aromatic rings. The van der Waals surface area contributed by atoms with E-state index in [0.29, 0.717) is 16.8 Å². The van der Waals surface area contributed by atoms with Crippen LogP contribution >= 0.6 is 12.2 Å². The van der Waals surface area contributed by atoms with Crippen LogP contribution in [0.1, 0.15) is 27.7 Å². The van der Waals surface area contributed by atoms with E-state index in [0.717, 1.165) is 6.07 Å². The normalized spacial score (nSPS) is 14.0. The number of hydrogen-bond acceptors (Lipinski definition) is 1. The third-order valence-electron chi connectivity index (χ3n) is 3.76. The van der Waals surface area contributed by atoms with Crippen LogP contribution in [0.25, 0.3) is 11.0 Å². The average molecular weight is 284 g/mol. The van der Waals surface area contributed by atoms with Gasteiger partial charge in [-0.1, -0.05) is 27.7 Å². The van der Waals surface area contributed by atoms with E-state index >= 15 is 0 Å². The van der Waals surface area contributed by atoms with Crippen molar-refractivity contribution in [2.75, 3.05) is 0 Å². The van der Waals surface area contributed by atoms with Crippen molar-refractivity contribution in [3.8, 4) is 0 Å². The van der Waals surface area contributed by atoms with E-state index in [-0.39, 0.29) is 16.8 Å². The monoisotopic (exact) mass is 284 g/mol. The Balaban J connectivity index is 2.58. The predicted molar refractivity (Wildman–Crippen MR) is 75.7 cm³/mol. The Labute approximate surface area is 116 Å². The zero-order valence-electron chi connectivity index (χ0n) is 11.6. The van der Waals surface area contributed by atoms with Crippen molar-refractivity contribution in [2.24, 2.45) is 11.3 Å². The molecule has 1 aromatic carbocycles. The van der Waals surface area contributed by atoms with E-state index in [4.69, 9.17) is 12.2 Å². The SMILES string of the molecule is CC(Cn1c(=S)[nH]c2ccc(F)c(F)c21)C(C)(C)C. The smallest absolute Gasteiger partial charge is 0.184 e. The molecule has 2 nitrogen and oxygen atoms in total. The van der Waals surface area contributed by atoms with Gasteiger partial charge in [-0.05, 0) is 35.7 Å². The molecule has 1 N–H and O–H groups in total. The lowest BCUT2D eigenvalue weighted by Gasteiger charge is -2.27. The molecule has 0 amide bonds. The number of halogens is 2. The topological polar surface area (TPSA) is 20.7 Å². The number of benzene rings is 1. The lowest BCUT2D eigenvalue weighted by Crippen LogP contribution is -2.22. The Morgan fingerprint density at radius 2 is 1.95 bits per heavy atom. The summed E-state index contributed by atoms with van der Waals surface area (Å²) < 4.78 is 29.4. The molecule has 1 heterocycles. The van der Waals surface area contributed by atoms with Gasteiger partial charge in [0.25, 0.3) is 0 Å². The first-order valence-electron chi connectivity index (χ1n) is 6.28. The van der Waals surface area contributed by atoms with Gasteiger partial charge in [0.05, 0.1) is 5.52 Å². The number of fused-ring (bicyclic) bond motifs is 1. The van der Waals surface area contributed by atoms with Crippen LogP contribution in [0.15, 0.2) is 12.1 Å². The van der Waals surface area contributed by atoms with Gasteiger partial charge in [-0.25, -0.2) is 8.78 Å². The summed E-state index contributed by atoms with van der Waals surface area (Å²) >= 11 is 5.22. The zero-order valence-corrected chi connectivity index (χ0v) is 12.4. The van der Waals surface area contributed by atoms with Crippen LogP contribution in [0, 0.1) is 27.7 Å². The van der Waals surface area contributed by atoms with Gasteiger partial charge in [0, 0.05) is 6.54 Å². The molecule has 1 aromatic heterocycles. The third-order valence-corrected chi connectivity index (χ3v) is 4.08. The Bertz CT molecular complexity index is 664. The number of aromatic nitrogens is 2. The maximum absolute atomic E-state index is 14.0. The molecule has 1 atom stereocenters. The number of nitrogens with one attached hydrogen (secondary N) is 1. The first kappa shape index (κ1) is 14.2. The van der Waals surface area contributed by atoms with Crippen molar-refractivity contribution in [1.29, 1.82) is 0 Å². The van der Waals surface area contributed by atoms with E-state index in [1.54, 1.807) is 4.57 Å². The number of rotatable bonds is 2. The fourth-order valence-corrected chi connectivity index (χ4v) is 2.19. The first-order chi connectivity index (χ1) is 8.71. The number of hydrogen-bond donors (Lipinski definition) is 1. The van der Waals surface area contributed by atoms with Crippen LogP contribution in [0.2, 0.25) is 0 Å². The highest BCUT2D eigenvalue weighted by Crippen LogP contribution is 2.29. The lowest BCUT2D eigenvalue weighted by atomic mass is 9.82. The summed E-state index contributed by atoms with van der Waals surface area (Å²) in [5.41, 5.74) is 0.827. The Hall–Kier alpha value is -1.23. The Morgan fingerprint density at radius 1 is 1.32 bits per heavy atom. The zero-order chi connectivity index (χ0) is 14.4. The van der Waals surface area contributed by atoms with Crippen LogP contribution in [0.4, 0.5) is 8.78 Å². The molecule has 0 saturated carbocycles. The quantitative estimate of drug-likeness (QED) is 0.795. The molecule has 19 heavy (non-hydrogen) atoms. The molecule has 0 fully saturated rings. The second-order valence-corrected chi connectivity index (χ2v) is 6.45. The van der Waals surface area contributed by atoms with Crippen molar-refractivity contribution in [2.45, 2.75) is 34.2 Å². The molecule has 0 bridgehead atoms. The van der Waals surface area contributed by atoms with Gasteiger partial charge < -0.3 is 9.55 Å².